The molecule has 11 heteroatoms. The first-order valence-electron chi connectivity index (χ1n) is 11.7. The fraction of sp³-hybridized carbons (Fsp3) is 0.440. The standard InChI is InChI=1S/C25H27ClF3N3O4/c1-16-13-32(23(34)20-7-6-19(12-21(20)26)36-15-25(27,28)29)22-5-3-2-4-17(22)14-31(16)24(35)30-10-8-18(33)9-11-30/h2-7,12,16,18,33H,8-11,13-15H2,1H3/t16-/m1/s1. The second-order valence-corrected chi connectivity index (χ2v) is 9.47. The number of rotatable bonds is 3. The number of hydrogen-bond acceptors (Lipinski definition) is 4. The van der Waals surface area contributed by atoms with E-state index in [0.29, 0.717) is 38.2 Å². The monoisotopic (exact) mass is 525 g/mol. The number of aliphatic hydroxyl groups is 1. The molecule has 2 aromatic carbocycles. The van der Waals surface area contributed by atoms with Gasteiger partial charge in [-0.25, -0.2) is 4.79 Å². The van der Waals surface area contributed by atoms with Gasteiger partial charge in [-0.3, -0.25) is 4.79 Å². The van der Waals surface area contributed by atoms with Crippen molar-refractivity contribution in [2.75, 3.05) is 31.1 Å². The Bertz CT molecular complexity index is 1120. The largest absolute Gasteiger partial charge is 0.484 e. The van der Waals surface area contributed by atoms with Crippen molar-refractivity contribution in [1.29, 1.82) is 0 Å². The number of carbonyl (C=O) groups is 2. The van der Waals surface area contributed by atoms with Crippen molar-refractivity contribution in [2.45, 2.75) is 44.6 Å². The highest BCUT2D eigenvalue weighted by molar-refractivity contribution is 6.34. The molecule has 2 heterocycles. The van der Waals surface area contributed by atoms with Gasteiger partial charge in [0.05, 0.1) is 16.7 Å². The Kier molecular flexibility index (Phi) is 7.65. The first kappa shape index (κ1) is 26.1. The Morgan fingerprint density at radius 2 is 1.83 bits per heavy atom. The number of ether oxygens (including phenoxy) is 1. The van der Waals surface area contributed by atoms with Crippen LogP contribution in [-0.4, -0.2) is 71.4 Å². The van der Waals surface area contributed by atoms with Crippen LogP contribution < -0.4 is 9.64 Å². The molecule has 1 fully saturated rings. The molecule has 36 heavy (non-hydrogen) atoms. The highest BCUT2D eigenvalue weighted by Gasteiger charge is 2.35. The van der Waals surface area contributed by atoms with Crippen LogP contribution in [0.4, 0.5) is 23.7 Å². The molecule has 1 atom stereocenters. The summed E-state index contributed by atoms with van der Waals surface area (Å²) >= 11 is 6.29. The molecule has 0 aliphatic carbocycles. The molecule has 2 aromatic rings. The van der Waals surface area contributed by atoms with Crippen molar-refractivity contribution >= 4 is 29.2 Å². The van der Waals surface area contributed by atoms with E-state index in [9.17, 15) is 27.9 Å². The lowest BCUT2D eigenvalue weighted by atomic mass is 10.1. The van der Waals surface area contributed by atoms with Crippen LogP contribution in [0.15, 0.2) is 42.5 Å². The molecular formula is C25H27ClF3N3O4. The third kappa shape index (κ3) is 5.87. The van der Waals surface area contributed by atoms with Gasteiger partial charge in [0.15, 0.2) is 6.61 Å². The van der Waals surface area contributed by atoms with Gasteiger partial charge in [0.1, 0.15) is 5.75 Å². The zero-order valence-corrected chi connectivity index (χ0v) is 20.4. The van der Waals surface area contributed by atoms with Crippen LogP contribution >= 0.6 is 11.6 Å². The zero-order valence-electron chi connectivity index (χ0n) is 19.7. The van der Waals surface area contributed by atoms with Crippen LogP contribution in [0, 0.1) is 0 Å². The number of aliphatic hydroxyl groups excluding tert-OH is 1. The second-order valence-electron chi connectivity index (χ2n) is 9.07. The summed E-state index contributed by atoms with van der Waals surface area (Å²) in [6.45, 7) is 1.82. The number of likely N-dealkylation sites (tertiary alicyclic amines) is 1. The summed E-state index contributed by atoms with van der Waals surface area (Å²) < 4.78 is 42.1. The third-order valence-corrected chi connectivity index (χ3v) is 6.71. The number of urea groups is 1. The molecule has 4 rings (SSSR count). The summed E-state index contributed by atoms with van der Waals surface area (Å²) in [5, 5.41) is 9.76. The Labute approximate surface area is 212 Å². The number of halogens is 4. The first-order valence-corrected chi connectivity index (χ1v) is 12.0. The molecule has 1 N–H and O–H groups in total. The number of piperidine rings is 1. The maximum Gasteiger partial charge on any atom is 0.422 e. The number of alkyl halides is 3. The smallest absolute Gasteiger partial charge is 0.422 e. The van der Waals surface area contributed by atoms with Crippen LogP contribution in [0.3, 0.4) is 0 Å². The van der Waals surface area contributed by atoms with Crippen molar-refractivity contribution in [3.63, 3.8) is 0 Å². The maximum atomic E-state index is 13.6. The molecule has 2 aliphatic heterocycles. The van der Waals surface area contributed by atoms with E-state index in [-0.39, 0.29) is 35.0 Å². The van der Waals surface area contributed by atoms with Gasteiger partial charge >= 0.3 is 12.2 Å². The summed E-state index contributed by atoms with van der Waals surface area (Å²) in [6, 6.07) is 10.6. The lowest BCUT2D eigenvalue weighted by Gasteiger charge is -2.37. The minimum atomic E-state index is -4.50. The molecule has 2 aliphatic rings. The molecule has 194 valence electrons. The Hall–Kier alpha value is -2.98. The van der Waals surface area contributed by atoms with Gasteiger partial charge in [-0.15, -0.1) is 0 Å². The summed E-state index contributed by atoms with van der Waals surface area (Å²) in [6.07, 6.45) is -3.85. The molecule has 0 aromatic heterocycles. The predicted molar refractivity (Wildman–Crippen MR) is 128 cm³/mol. The van der Waals surface area contributed by atoms with Gasteiger partial charge in [-0.05, 0) is 49.6 Å². The van der Waals surface area contributed by atoms with E-state index in [0.717, 1.165) is 5.56 Å². The summed E-state index contributed by atoms with van der Waals surface area (Å²) in [5.74, 6) is -0.529. The Morgan fingerprint density at radius 3 is 2.50 bits per heavy atom. The molecule has 3 amide bonds. The average Bonchev–Trinajstić information content (AvgIpc) is 2.98. The number of para-hydroxylation sites is 1. The molecule has 7 nitrogen and oxygen atoms in total. The van der Waals surface area contributed by atoms with Gasteiger partial charge in [-0.1, -0.05) is 29.8 Å². The number of fused-ring (bicyclic) bond motifs is 1. The minimum Gasteiger partial charge on any atom is -0.484 e. The number of amides is 3. The molecule has 0 spiro atoms. The van der Waals surface area contributed by atoms with E-state index in [2.05, 4.69) is 0 Å². The van der Waals surface area contributed by atoms with Gasteiger partial charge in [0.2, 0.25) is 0 Å². The van der Waals surface area contributed by atoms with Crippen molar-refractivity contribution in [2.24, 2.45) is 0 Å². The third-order valence-electron chi connectivity index (χ3n) is 6.40. The van der Waals surface area contributed by atoms with Crippen molar-refractivity contribution < 1.29 is 32.6 Å². The van der Waals surface area contributed by atoms with Crippen LogP contribution in [0.2, 0.25) is 5.02 Å². The van der Waals surface area contributed by atoms with E-state index >= 15 is 0 Å². The Morgan fingerprint density at radius 1 is 1.14 bits per heavy atom. The summed E-state index contributed by atoms with van der Waals surface area (Å²) in [7, 11) is 0. The number of benzene rings is 2. The SMILES string of the molecule is C[C@@H]1CN(C(=O)c2ccc(OCC(F)(F)F)cc2Cl)c2ccccc2CN1C(=O)N1CCC(O)CC1. The molecule has 1 saturated heterocycles. The molecule has 0 radical (unpaired) electrons. The van der Waals surface area contributed by atoms with Gasteiger partial charge in [0.25, 0.3) is 5.91 Å². The van der Waals surface area contributed by atoms with Crippen LogP contribution in [-0.2, 0) is 6.54 Å². The van der Waals surface area contributed by atoms with Crippen LogP contribution in [0.1, 0.15) is 35.7 Å². The Balaban J connectivity index is 1.58. The molecular weight excluding hydrogens is 499 g/mol. The van der Waals surface area contributed by atoms with Crippen LogP contribution in [0.5, 0.6) is 5.75 Å². The summed E-state index contributed by atoms with van der Waals surface area (Å²) in [4.78, 5) is 31.9. The second kappa shape index (κ2) is 10.6. The fourth-order valence-corrected chi connectivity index (χ4v) is 4.72. The van der Waals surface area contributed by atoms with Crippen LogP contribution in [0.25, 0.3) is 0 Å². The van der Waals surface area contributed by atoms with E-state index in [1.807, 2.05) is 19.1 Å². The molecule has 0 bridgehead atoms. The van der Waals surface area contributed by atoms with Gasteiger partial charge < -0.3 is 24.5 Å². The highest BCUT2D eigenvalue weighted by Crippen LogP contribution is 2.32. The summed E-state index contributed by atoms with van der Waals surface area (Å²) in [5.41, 5.74) is 1.52. The predicted octanol–water partition coefficient (Wildman–Crippen LogP) is 4.71. The number of carbonyl (C=O) groups excluding carboxylic acids is 2. The lowest BCUT2D eigenvalue weighted by molar-refractivity contribution is -0.153. The van der Waals surface area contributed by atoms with Crippen molar-refractivity contribution in [3.05, 3.63) is 58.6 Å². The van der Waals surface area contributed by atoms with Gasteiger partial charge in [0, 0.05) is 37.9 Å². The van der Waals surface area contributed by atoms with Crippen molar-refractivity contribution in [1.82, 2.24) is 9.80 Å². The number of hydrogen-bond donors (Lipinski definition) is 1. The normalized spacial score (nSPS) is 19.1. The van der Waals surface area contributed by atoms with E-state index in [1.165, 1.54) is 18.2 Å². The highest BCUT2D eigenvalue weighted by atomic mass is 35.5. The number of anilines is 1. The number of nitrogens with zero attached hydrogens (tertiary/aromatic N) is 3. The van der Waals surface area contributed by atoms with E-state index in [1.54, 1.807) is 26.8 Å². The molecule has 0 saturated carbocycles. The first-order chi connectivity index (χ1) is 17.0. The van der Waals surface area contributed by atoms with Gasteiger partial charge in [-0.2, -0.15) is 13.2 Å². The lowest BCUT2D eigenvalue weighted by Crippen LogP contribution is -2.51. The van der Waals surface area contributed by atoms with E-state index in [4.69, 9.17) is 16.3 Å². The topological polar surface area (TPSA) is 73.3 Å². The van der Waals surface area contributed by atoms with Crippen molar-refractivity contribution in [3.8, 4) is 5.75 Å². The average molecular weight is 526 g/mol. The quantitative estimate of drug-likeness (QED) is 0.630. The fourth-order valence-electron chi connectivity index (χ4n) is 4.47. The maximum absolute atomic E-state index is 13.6. The van der Waals surface area contributed by atoms with E-state index < -0.39 is 24.8 Å². The zero-order chi connectivity index (χ0) is 26.0. The molecule has 0 unspecified atom stereocenters. The minimum absolute atomic E-state index is 0.0335.